The molecule has 0 amide bonds. The number of hydrogen-bond donors (Lipinski definition) is 1. The van der Waals surface area contributed by atoms with E-state index in [0.29, 0.717) is 0 Å². The zero-order valence-corrected chi connectivity index (χ0v) is 9.98. The van der Waals surface area contributed by atoms with Gasteiger partial charge >= 0.3 is 41.5 Å². The van der Waals surface area contributed by atoms with Gasteiger partial charge in [-0.15, -0.1) is 0 Å². The van der Waals surface area contributed by atoms with Crippen molar-refractivity contribution < 1.29 is 50.4 Å². The SMILES string of the molecule is CC(=O)Oc1cccc(C(=O)O)c1.[H-].[Na+]. The van der Waals surface area contributed by atoms with Gasteiger partial charge in [0.15, 0.2) is 0 Å². The molecule has 0 fully saturated rings. The van der Waals surface area contributed by atoms with Crippen molar-refractivity contribution in [1.82, 2.24) is 0 Å². The van der Waals surface area contributed by atoms with E-state index in [2.05, 4.69) is 0 Å². The van der Waals surface area contributed by atoms with Crippen LogP contribution in [0.15, 0.2) is 24.3 Å². The Bertz CT molecular complexity index is 354. The van der Waals surface area contributed by atoms with Crippen LogP contribution in [0, 0.1) is 0 Å². The van der Waals surface area contributed by atoms with E-state index in [1.165, 1.54) is 31.2 Å². The maximum atomic E-state index is 10.5. The summed E-state index contributed by atoms with van der Waals surface area (Å²) in [5.74, 6) is -1.27. The van der Waals surface area contributed by atoms with Gasteiger partial charge in [0.1, 0.15) is 5.75 Å². The topological polar surface area (TPSA) is 63.6 Å². The van der Waals surface area contributed by atoms with Gasteiger partial charge in [-0.3, -0.25) is 4.79 Å². The van der Waals surface area contributed by atoms with Crippen LogP contribution in [0.3, 0.4) is 0 Å². The van der Waals surface area contributed by atoms with E-state index in [1.54, 1.807) is 0 Å². The second-order valence-electron chi connectivity index (χ2n) is 2.43. The molecule has 0 aliphatic carbocycles. The van der Waals surface area contributed by atoms with E-state index in [4.69, 9.17) is 9.84 Å². The minimum Gasteiger partial charge on any atom is -1.00 e. The predicted molar refractivity (Wildman–Crippen MR) is 45.8 cm³/mol. The van der Waals surface area contributed by atoms with Gasteiger partial charge < -0.3 is 11.3 Å². The number of carbonyl (C=O) groups excluding carboxylic acids is 1. The summed E-state index contributed by atoms with van der Waals surface area (Å²) in [6.45, 7) is 1.26. The Morgan fingerprint density at radius 2 is 2.07 bits per heavy atom. The first kappa shape index (κ1) is 13.2. The van der Waals surface area contributed by atoms with Crippen molar-refractivity contribution in [3.8, 4) is 5.75 Å². The third-order valence-corrected chi connectivity index (χ3v) is 1.34. The molecular weight excluding hydrogens is 195 g/mol. The summed E-state index contributed by atoms with van der Waals surface area (Å²) >= 11 is 0. The molecule has 1 N–H and O–H groups in total. The van der Waals surface area contributed by atoms with E-state index >= 15 is 0 Å². The van der Waals surface area contributed by atoms with E-state index in [9.17, 15) is 9.59 Å². The minimum atomic E-state index is -1.05. The van der Waals surface area contributed by atoms with Crippen molar-refractivity contribution in [1.29, 1.82) is 0 Å². The minimum absolute atomic E-state index is 0. The number of aromatic carboxylic acids is 1. The first-order chi connectivity index (χ1) is 6.09. The van der Waals surface area contributed by atoms with E-state index in [1.807, 2.05) is 0 Å². The number of hydrogen-bond acceptors (Lipinski definition) is 3. The van der Waals surface area contributed by atoms with Crippen LogP contribution in [0.2, 0.25) is 0 Å². The van der Waals surface area contributed by atoms with Crippen LogP contribution >= 0.6 is 0 Å². The first-order valence-electron chi connectivity index (χ1n) is 3.61. The average Bonchev–Trinajstić information content (AvgIpc) is 2.03. The van der Waals surface area contributed by atoms with Gasteiger partial charge in [-0.2, -0.15) is 0 Å². The monoisotopic (exact) mass is 204 g/mol. The van der Waals surface area contributed by atoms with Crippen molar-refractivity contribution >= 4 is 11.9 Å². The quantitative estimate of drug-likeness (QED) is 0.359. The number of ether oxygens (including phenoxy) is 1. The predicted octanol–water partition coefficient (Wildman–Crippen LogP) is -1.57. The Kier molecular flexibility index (Phi) is 5.45. The van der Waals surface area contributed by atoms with Crippen molar-refractivity contribution in [2.75, 3.05) is 0 Å². The van der Waals surface area contributed by atoms with Crippen LogP contribution < -0.4 is 34.3 Å². The number of benzene rings is 1. The van der Waals surface area contributed by atoms with E-state index in [-0.39, 0.29) is 42.3 Å². The molecule has 1 rings (SSSR count). The molecule has 0 atom stereocenters. The maximum absolute atomic E-state index is 10.5. The van der Waals surface area contributed by atoms with Crippen LogP contribution in [0.25, 0.3) is 0 Å². The van der Waals surface area contributed by atoms with Crippen LogP contribution in [0.4, 0.5) is 0 Å². The zero-order valence-electron chi connectivity index (χ0n) is 8.98. The molecule has 0 saturated heterocycles. The van der Waals surface area contributed by atoms with Crippen LogP contribution in [-0.4, -0.2) is 17.0 Å². The third kappa shape index (κ3) is 3.91. The van der Waals surface area contributed by atoms with Gasteiger partial charge in [0, 0.05) is 6.92 Å². The van der Waals surface area contributed by atoms with E-state index in [0.717, 1.165) is 0 Å². The Hall–Kier alpha value is -0.840. The van der Waals surface area contributed by atoms with Crippen molar-refractivity contribution in [3.63, 3.8) is 0 Å². The number of esters is 1. The van der Waals surface area contributed by atoms with Gasteiger partial charge in [-0.25, -0.2) is 4.79 Å². The molecule has 70 valence electrons. The molecular formula is C9H9NaO4. The molecule has 5 heteroatoms. The molecule has 1 aromatic carbocycles. The second-order valence-corrected chi connectivity index (χ2v) is 2.43. The Labute approximate surface area is 105 Å². The summed E-state index contributed by atoms with van der Waals surface area (Å²) < 4.78 is 4.70. The maximum Gasteiger partial charge on any atom is 1.00 e. The summed E-state index contributed by atoms with van der Waals surface area (Å²) in [6, 6.07) is 5.76. The molecule has 0 aromatic heterocycles. The molecule has 14 heavy (non-hydrogen) atoms. The van der Waals surface area contributed by atoms with Gasteiger partial charge in [-0.05, 0) is 18.2 Å². The smallest absolute Gasteiger partial charge is 1.00 e. The van der Waals surface area contributed by atoms with Gasteiger partial charge in [0.25, 0.3) is 0 Å². The van der Waals surface area contributed by atoms with E-state index < -0.39 is 11.9 Å². The molecule has 4 nitrogen and oxygen atoms in total. The molecule has 0 aliphatic rings. The fraction of sp³-hybridized carbons (Fsp3) is 0.111. The van der Waals surface area contributed by atoms with Crippen molar-refractivity contribution in [3.05, 3.63) is 29.8 Å². The van der Waals surface area contributed by atoms with Crippen molar-refractivity contribution in [2.24, 2.45) is 0 Å². The first-order valence-corrected chi connectivity index (χ1v) is 3.61. The molecule has 0 spiro atoms. The fourth-order valence-corrected chi connectivity index (χ4v) is 0.859. The second kappa shape index (κ2) is 5.80. The summed E-state index contributed by atoms with van der Waals surface area (Å²) in [5.41, 5.74) is 0.0961. The van der Waals surface area contributed by atoms with Crippen LogP contribution in [0.5, 0.6) is 5.75 Å². The normalized spacial score (nSPS) is 8.64. The Morgan fingerprint density at radius 3 is 2.57 bits per heavy atom. The molecule has 0 unspecified atom stereocenters. The average molecular weight is 204 g/mol. The Morgan fingerprint density at radius 1 is 1.43 bits per heavy atom. The van der Waals surface area contributed by atoms with Crippen molar-refractivity contribution in [2.45, 2.75) is 6.92 Å². The number of carbonyl (C=O) groups is 2. The molecule has 0 saturated carbocycles. The molecule has 0 aliphatic heterocycles. The molecule has 0 bridgehead atoms. The number of carboxylic acids is 1. The summed E-state index contributed by atoms with van der Waals surface area (Å²) in [7, 11) is 0. The van der Waals surface area contributed by atoms with Crippen LogP contribution in [-0.2, 0) is 4.79 Å². The number of carboxylic acid groups (broad SMARTS) is 1. The largest absolute Gasteiger partial charge is 1.00 e. The summed E-state index contributed by atoms with van der Waals surface area (Å²) in [6.07, 6.45) is 0. The number of rotatable bonds is 2. The Balaban J connectivity index is 0. The zero-order chi connectivity index (χ0) is 9.84. The standard InChI is InChI=1S/C9H8O4.Na.H/c1-6(10)13-8-4-2-3-7(5-8)9(11)12;;/h2-5H,1H3,(H,11,12);;/q;+1;-1. The van der Waals surface area contributed by atoms with Crippen LogP contribution in [0.1, 0.15) is 18.7 Å². The fourth-order valence-electron chi connectivity index (χ4n) is 0.859. The van der Waals surface area contributed by atoms with Gasteiger partial charge in [-0.1, -0.05) is 6.07 Å². The summed E-state index contributed by atoms with van der Waals surface area (Å²) in [4.78, 5) is 21.0. The van der Waals surface area contributed by atoms with Gasteiger partial charge in [0.2, 0.25) is 0 Å². The molecule has 0 heterocycles. The third-order valence-electron chi connectivity index (χ3n) is 1.34. The van der Waals surface area contributed by atoms with Gasteiger partial charge in [0.05, 0.1) is 5.56 Å². The molecule has 1 aromatic rings. The molecule has 0 radical (unpaired) electrons. The summed E-state index contributed by atoms with van der Waals surface area (Å²) in [5, 5.41) is 8.60.